The summed E-state index contributed by atoms with van der Waals surface area (Å²) in [4.78, 5) is 1.23. The molecule has 0 aliphatic carbocycles. The van der Waals surface area contributed by atoms with Crippen LogP contribution in [0.4, 0.5) is 5.69 Å². The van der Waals surface area contributed by atoms with Gasteiger partial charge in [0, 0.05) is 4.90 Å². The molecule has 1 aliphatic rings. The summed E-state index contributed by atoms with van der Waals surface area (Å²) >= 11 is 5.93. The van der Waals surface area contributed by atoms with Crippen molar-refractivity contribution in [3.8, 4) is 0 Å². The Bertz CT molecular complexity index is 309. The molecule has 0 aromatic heterocycles. The molecule has 0 saturated heterocycles. The molecular weight excluding hydrogens is 174 g/mol. The minimum absolute atomic E-state index is 0.967. The Morgan fingerprint density at radius 2 is 2.09 bits per heavy atom. The molecule has 0 N–H and O–H groups in total. The number of nitrogens with zero attached hydrogens (tertiary/aromatic N) is 1. The lowest BCUT2D eigenvalue weighted by Crippen LogP contribution is -1.99. The summed E-state index contributed by atoms with van der Waals surface area (Å²) in [6.07, 6.45) is 0. The van der Waals surface area contributed by atoms with E-state index >= 15 is 0 Å². The lowest BCUT2D eigenvalue weighted by Gasteiger charge is -2.08. The third-order valence-corrected chi connectivity index (χ3v) is 3.13. The number of rotatable bonds is 0. The van der Waals surface area contributed by atoms with E-state index in [1.54, 1.807) is 16.1 Å². The lowest BCUT2D eigenvalue weighted by atomic mass is 10.3. The van der Waals surface area contributed by atoms with Gasteiger partial charge in [0.15, 0.2) is 0 Å². The van der Waals surface area contributed by atoms with Crippen molar-refractivity contribution in [1.29, 1.82) is 0 Å². The van der Waals surface area contributed by atoms with E-state index in [0.29, 0.717) is 0 Å². The molecular formula is C8H7NS2. The second-order valence-electron chi connectivity index (χ2n) is 2.28. The third kappa shape index (κ3) is 1.04. The maximum Gasteiger partial charge on any atom is 0.0833 e. The first-order chi connectivity index (χ1) is 5.29. The standard InChI is InChI=1S/C8H7NS2/c1-6-9(10)7-4-2-3-5-8(7)11-6/h2-5,10H,1H2. The Balaban J connectivity index is 2.55. The topological polar surface area (TPSA) is 3.24 Å². The molecule has 0 bridgehead atoms. The second-order valence-corrected chi connectivity index (χ2v) is 3.79. The van der Waals surface area contributed by atoms with Crippen molar-refractivity contribution in [3.63, 3.8) is 0 Å². The minimum Gasteiger partial charge on any atom is -0.280 e. The largest absolute Gasteiger partial charge is 0.280 e. The van der Waals surface area contributed by atoms with Crippen LogP contribution in [0.3, 0.4) is 0 Å². The van der Waals surface area contributed by atoms with Crippen LogP contribution in [-0.2, 0) is 0 Å². The van der Waals surface area contributed by atoms with E-state index < -0.39 is 0 Å². The first kappa shape index (κ1) is 7.13. The van der Waals surface area contributed by atoms with Gasteiger partial charge in [-0.15, -0.1) is 0 Å². The number of fused-ring (bicyclic) bond motifs is 1. The van der Waals surface area contributed by atoms with Crippen LogP contribution in [-0.4, -0.2) is 0 Å². The number of anilines is 1. The molecule has 2 rings (SSSR count). The van der Waals surface area contributed by atoms with Crippen LogP contribution in [0.2, 0.25) is 0 Å². The van der Waals surface area contributed by atoms with E-state index in [9.17, 15) is 0 Å². The summed E-state index contributed by atoms with van der Waals surface area (Å²) in [5.41, 5.74) is 1.13. The Labute approximate surface area is 75.6 Å². The predicted octanol–water partition coefficient (Wildman–Crippen LogP) is 2.91. The molecule has 0 fully saturated rings. The van der Waals surface area contributed by atoms with Crippen molar-refractivity contribution in [3.05, 3.63) is 35.9 Å². The average Bonchev–Trinajstić information content (AvgIpc) is 2.30. The van der Waals surface area contributed by atoms with Gasteiger partial charge in [-0.3, -0.25) is 4.31 Å². The Hall–Kier alpha value is -0.540. The van der Waals surface area contributed by atoms with Gasteiger partial charge in [-0.25, -0.2) is 0 Å². The van der Waals surface area contributed by atoms with Crippen molar-refractivity contribution < 1.29 is 0 Å². The first-order valence-electron chi connectivity index (χ1n) is 3.24. The summed E-state index contributed by atoms with van der Waals surface area (Å²) in [5, 5.41) is 0.967. The molecule has 3 heteroatoms. The molecule has 0 unspecified atom stereocenters. The van der Waals surface area contributed by atoms with E-state index in [4.69, 9.17) is 0 Å². The number of hydrogen-bond donors (Lipinski definition) is 1. The molecule has 0 spiro atoms. The van der Waals surface area contributed by atoms with Gasteiger partial charge in [-0.05, 0) is 12.1 Å². The summed E-state index contributed by atoms with van der Waals surface area (Å²) in [7, 11) is 0. The summed E-state index contributed by atoms with van der Waals surface area (Å²) in [6, 6.07) is 8.13. The quantitative estimate of drug-likeness (QED) is 0.613. The smallest absolute Gasteiger partial charge is 0.0833 e. The Morgan fingerprint density at radius 3 is 2.82 bits per heavy atom. The van der Waals surface area contributed by atoms with Gasteiger partial charge in [0.25, 0.3) is 0 Å². The molecule has 1 nitrogen and oxygen atoms in total. The van der Waals surface area contributed by atoms with E-state index in [0.717, 1.165) is 10.7 Å². The van der Waals surface area contributed by atoms with Gasteiger partial charge in [-0.2, -0.15) is 0 Å². The maximum absolute atomic E-state index is 4.28. The van der Waals surface area contributed by atoms with Crippen molar-refractivity contribution >= 4 is 30.3 Å². The molecule has 56 valence electrons. The van der Waals surface area contributed by atoms with Gasteiger partial charge < -0.3 is 0 Å². The molecule has 1 aromatic carbocycles. The molecule has 0 amide bonds. The van der Waals surface area contributed by atoms with Crippen LogP contribution in [0.5, 0.6) is 0 Å². The maximum atomic E-state index is 4.28. The van der Waals surface area contributed by atoms with Gasteiger partial charge in [0.05, 0.1) is 10.7 Å². The Kier molecular flexibility index (Phi) is 1.62. The fraction of sp³-hybridized carbons (Fsp3) is 0. The normalized spacial score (nSPS) is 15.4. The molecule has 0 saturated carbocycles. The highest BCUT2D eigenvalue weighted by molar-refractivity contribution is 8.05. The highest BCUT2D eigenvalue weighted by atomic mass is 32.2. The zero-order valence-electron chi connectivity index (χ0n) is 5.82. The fourth-order valence-electron chi connectivity index (χ4n) is 1.02. The average molecular weight is 181 g/mol. The number of benzene rings is 1. The molecule has 0 radical (unpaired) electrons. The second kappa shape index (κ2) is 2.50. The van der Waals surface area contributed by atoms with E-state index in [1.165, 1.54) is 4.90 Å². The number of thioether (sulfide) groups is 1. The van der Waals surface area contributed by atoms with Crippen LogP contribution < -0.4 is 4.31 Å². The van der Waals surface area contributed by atoms with Gasteiger partial charge in [0.1, 0.15) is 0 Å². The van der Waals surface area contributed by atoms with Crippen LogP contribution in [0, 0.1) is 0 Å². The fourth-order valence-corrected chi connectivity index (χ4v) is 2.24. The lowest BCUT2D eigenvalue weighted by molar-refractivity contribution is 1.39. The molecule has 0 atom stereocenters. The highest BCUT2D eigenvalue weighted by Crippen LogP contribution is 2.45. The van der Waals surface area contributed by atoms with E-state index in [-0.39, 0.29) is 0 Å². The van der Waals surface area contributed by atoms with E-state index in [1.807, 2.05) is 18.2 Å². The molecule has 1 heterocycles. The molecule has 1 aromatic rings. The van der Waals surface area contributed by atoms with Crippen molar-refractivity contribution in [1.82, 2.24) is 0 Å². The molecule has 1 aliphatic heterocycles. The van der Waals surface area contributed by atoms with Crippen LogP contribution in [0.1, 0.15) is 0 Å². The first-order valence-corrected chi connectivity index (χ1v) is 4.45. The monoisotopic (exact) mass is 181 g/mol. The summed E-state index contributed by atoms with van der Waals surface area (Å²) in [5.74, 6) is 0. The van der Waals surface area contributed by atoms with Gasteiger partial charge in [-0.1, -0.05) is 43.3 Å². The highest BCUT2D eigenvalue weighted by Gasteiger charge is 2.19. The summed E-state index contributed by atoms with van der Waals surface area (Å²) < 4.78 is 1.81. The molecule has 11 heavy (non-hydrogen) atoms. The number of hydrogen-bond acceptors (Lipinski definition) is 3. The number of thiol groups is 1. The van der Waals surface area contributed by atoms with Crippen LogP contribution in [0.25, 0.3) is 0 Å². The van der Waals surface area contributed by atoms with Crippen molar-refractivity contribution in [2.24, 2.45) is 0 Å². The van der Waals surface area contributed by atoms with E-state index in [2.05, 4.69) is 25.5 Å². The summed E-state index contributed by atoms with van der Waals surface area (Å²) in [6.45, 7) is 3.86. The van der Waals surface area contributed by atoms with Crippen LogP contribution in [0.15, 0.2) is 40.8 Å². The van der Waals surface area contributed by atoms with Crippen LogP contribution >= 0.6 is 24.6 Å². The Morgan fingerprint density at radius 1 is 1.36 bits per heavy atom. The van der Waals surface area contributed by atoms with Gasteiger partial charge in [0.2, 0.25) is 0 Å². The van der Waals surface area contributed by atoms with Crippen molar-refractivity contribution in [2.45, 2.75) is 4.90 Å². The van der Waals surface area contributed by atoms with Crippen molar-refractivity contribution in [2.75, 3.05) is 4.31 Å². The van der Waals surface area contributed by atoms with Gasteiger partial charge >= 0.3 is 0 Å². The predicted molar refractivity (Wildman–Crippen MR) is 52.9 cm³/mol. The zero-order chi connectivity index (χ0) is 7.84. The SMILES string of the molecule is C=C1Sc2ccccc2N1S. The zero-order valence-corrected chi connectivity index (χ0v) is 7.53. The third-order valence-electron chi connectivity index (χ3n) is 1.56. The number of para-hydroxylation sites is 1. The minimum atomic E-state index is 0.967.